The first-order valence-electron chi connectivity index (χ1n) is 7.46. The number of nitrogens with one attached hydrogen (secondary N) is 1. The van der Waals surface area contributed by atoms with Gasteiger partial charge in [0.2, 0.25) is 5.91 Å². The Bertz CT molecular complexity index is 464. The summed E-state index contributed by atoms with van der Waals surface area (Å²) in [6, 6.07) is 6.48. The molecule has 1 saturated heterocycles. The molecule has 1 heterocycles. The maximum absolute atomic E-state index is 13.0. The number of hydrogen-bond donors (Lipinski definition) is 1. The molecule has 2 aliphatic rings. The molecule has 0 spiro atoms. The van der Waals surface area contributed by atoms with Gasteiger partial charge < -0.3 is 10.2 Å². The van der Waals surface area contributed by atoms with Gasteiger partial charge in [0, 0.05) is 19.6 Å². The van der Waals surface area contributed by atoms with E-state index in [0.29, 0.717) is 12.5 Å². The summed E-state index contributed by atoms with van der Waals surface area (Å²) < 4.78 is 13.0. The lowest BCUT2D eigenvalue weighted by atomic mass is 10.1. The van der Waals surface area contributed by atoms with Crippen LogP contribution in [0.1, 0.15) is 24.8 Å². The summed E-state index contributed by atoms with van der Waals surface area (Å²) >= 11 is 0. The van der Waals surface area contributed by atoms with Crippen LogP contribution in [0.5, 0.6) is 0 Å². The Morgan fingerprint density at radius 3 is 2.60 bits per heavy atom. The molecule has 1 aliphatic carbocycles. The lowest BCUT2D eigenvalue weighted by molar-refractivity contribution is -0.135. The van der Waals surface area contributed by atoms with Crippen LogP contribution in [-0.2, 0) is 11.3 Å². The van der Waals surface area contributed by atoms with Gasteiger partial charge in [-0.05, 0) is 49.4 Å². The van der Waals surface area contributed by atoms with Gasteiger partial charge in [0.05, 0.1) is 5.92 Å². The molecule has 1 aromatic carbocycles. The zero-order valence-electron chi connectivity index (χ0n) is 11.6. The Labute approximate surface area is 119 Å². The number of carbonyl (C=O) groups excluding carboxylic acids is 1. The van der Waals surface area contributed by atoms with E-state index in [0.717, 1.165) is 31.6 Å². The summed E-state index contributed by atoms with van der Waals surface area (Å²) in [5, 5.41) is 3.25. The van der Waals surface area contributed by atoms with Crippen LogP contribution < -0.4 is 5.32 Å². The second-order valence-corrected chi connectivity index (χ2v) is 5.98. The molecule has 0 radical (unpaired) electrons. The third kappa shape index (κ3) is 3.37. The van der Waals surface area contributed by atoms with E-state index in [9.17, 15) is 9.18 Å². The van der Waals surface area contributed by atoms with Crippen molar-refractivity contribution in [3.8, 4) is 0 Å². The molecule has 3 rings (SSSR count). The number of benzene rings is 1. The summed E-state index contributed by atoms with van der Waals surface area (Å²) in [4.78, 5) is 14.6. The minimum atomic E-state index is -0.228. The van der Waals surface area contributed by atoms with Crippen molar-refractivity contribution in [1.82, 2.24) is 10.2 Å². The van der Waals surface area contributed by atoms with Crippen molar-refractivity contribution in [3.05, 3.63) is 35.6 Å². The number of rotatable bonds is 5. The fourth-order valence-electron chi connectivity index (χ4n) is 2.78. The molecule has 3 nitrogen and oxygen atoms in total. The van der Waals surface area contributed by atoms with Crippen molar-refractivity contribution in [3.63, 3.8) is 0 Å². The van der Waals surface area contributed by atoms with E-state index in [1.54, 1.807) is 12.1 Å². The average Bonchev–Trinajstić information content (AvgIpc) is 3.10. The summed E-state index contributed by atoms with van der Waals surface area (Å²) in [6.07, 6.45) is 3.40. The molecule has 108 valence electrons. The van der Waals surface area contributed by atoms with Crippen molar-refractivity contribution in [2.45, 2.75) is 25.8 Å². The van der Waals surface area contributed by atoms with Gasteiger partial charge in [0.15, 0.2) is 0 Å². The van der Waals surface area contributed by atoms with Gasteiger partial charge in [-0.15, -0.1) is 0 Å². The van der Waals surface area contributed by atoms with Crippen molar-refractivity contribution < 1.29 is 9.18 Å². The third-order valence-corrected chi connectivity index (χ3v) is 4.18. The standard InChI is InChI=1S/C16H21FN2O/c17-15-5-3-13(4-6-15)11-19(10-12-1-2-12)16(20)14-7-8-18-9-14/h3-6,12,14,18H,1-2,7-11H2. The number of amides is 1. The summed E-state index contributed by atoms with van der Waals surface area (Å²) in [7, 11) is 0. The molecule has 1 aromatic rings. The Kier molecular flexibility index (Phi) is 4.01. The highest BCUT2D eigenvalue weighted by molar-refractivity contribution is 5.79. The lowest BCUT2D eigenvalue weighted by Gasteiger charge is -2.25. The Morgan fingerprint density at radius 1 is 1.25 bits per heavy atom. The van der Waals surface area contributed by atoms with E-state index in [1.807, 2.05) is 4.90 Å². The average molecular weight is 276 g/mol. The fourth-order valence-corrected chi connectivity index (χ4v) is 2.78. The molecule has 1 unspecified atom stereocenters. The van der Waals surface area contributed by atoms with Crippen LogP contribution in [0.15, 0.2) is 24.3 Å². The number of carbonyl (C=O) groups is 1. The lowest BCUT2D eigenvalue weighted by Crippen LogP contribution is -2.38. The molecule has 0 bridgehead atoms. The zero-order valence-corrected chi connectivity index (χ0v) is 11.6. The maximum atomic E-state index is 13.0. The highest BCUT2D eigenvalue weighted by atomic mass is 19.1. The highest BCUT2D eigenvalue weighted by Crippen LogP contribution is 2.31. The molecule has 20 heavy (non-hydrogen) atoms. The first-order valence-corrected chi connectivity index (χ1v) is 7.46. The van der Waals surface area contributed by atoms with Gasteiger partial charge >= 0.3 is 0 Å². The molecule has 1 N–H and O–H groups in total. The molecule has 0 aromatic heterocycles. The number of nitrogens with zero attached hydrogens (tertiary/aromatic N) is 1. The van der Waals surface area contributed by atoms with Crippen LogP contribution in [0.25, 0.3) is 0 Å². The largest absolute Gasteiger partial charge is 0.338 e. The smallest absolute Gasteiger partial charge is 0.227 e. The molecule has 1 saturated carbocycles. The van der Waals surface area contributed by atoms with E-state index in [-0.39, 0.29) is 17.6 Å². The van der Waals surface area contributed by atoms with Gasteiger partial charge in [0.1, 0.15) is 5.82 Å². The summed E-state index contributed by atoms with van der Waals surface area (Å²) in [5.74, 6) is 0.822. The van der Waals surface area contributed by atoms with E-state index in [4.69, 9.17) is 0 Å². The normalized spacial score (nSPS) is 21.9. The second kappa shape index (κ2) is 5.92. The molecular weight excluding hydrogens is 255 g/mol. The summed E-state index contributed by atoms with van der Waals surface area (Å²) in [5.41, 5.74) is 1.01. The molecule has 1 aliphatic heterocycles. The number of hydrogen-bond acceptors (Lipinski definition) is 2. The predicted molar refractivity (Wildman–Crippen MR) is 75.5 cm³/mol. The van der Waals surface area contributed by atoms with Gasteiger partial charge in [-0.2, -0.15) is 0 Å². The van der Waals surface area contributed by atoms with Crippen molar-refractivity contribution in [2.75, 3.05) is 19.6 Å². The molecular formula is C16H21FN2O. The fraction of sp³-hybridized carbons (Fsp3) is 0.562. The van der Waals surface area contributed by atoms with Crippen LogP contribution in [0.4, 0.5) is 4.39 Å². The molecule has 1 amide bonds. The van der Waals surface area contributed by atoms with Crippen molar-refractivity contribution in [1.29, 1.82) is 0 Å². The third-order valence-electron chi connectivity index (χ3n) is 4.18. The van der Waals surface area contributed by atoms with Crippen LogP contribution in [0.3, 0.4) is 0 Å². The zero-order chi connectivity index (χ0) is 13.9. The Balaban J connectivity index is 1.67. The number of halogens is 1. The van der Waals surface area contributed by atoms with Gasteiger partial charge in [-0.3, -0.25) is 4.79 Å². The first-order chi connectivity index (χ1) is 9.72. The van der Waals surface area contributed by atoms with Gasteiger partial charge in [-0.1, -0.05) is 12.1 Å². The van der Waals surface area contributed by atoms with Crippen molar-refractivity contribution in [2.24, 2.45) is 11.8 Å². The van der Waals surface area contributed by atoms with E-state index < -0.39 is 0 Å². The van der Waals surface area contributed by atoms with E-state index >= 15 is 0 Å². The first kappa shape index (κ1) is 13.6. The van der Waals surface area contributed by atoms with E-state index in [1.165, 1.54) is 25.0 Å². The van der Waals surface area contributed by atoms with Gasteiger partial charge in [0.25, 0.3) is 0 Å². The Hall–Kier alpha value is -1.42. The Morgan fingerprint density at radius 2 is 2.00 bits per heavy atom. The monoisotopic (exact) mass is 276 g/mol. The molecule has 2 fully saturated rings. The van der Waals surface area contributed by atoms with Crippen LogP contribution >= 0.6 is 0 Å². The second-order valence-electron chi connectivity index (χ2n) is 5.98. The minimum absolute atomic E-state index is 0.120. The minimum Gasteiger partial charge on any atom is -0.338 e. The summed E-state index contributed by atoms with van der Waals surface area (Å²) in [6.45, 7) is 3.19. The SMILES string of the molecule is O=C(C1CCNC1)N(Cc1ccc(F)cc1)CC1CC1. The molecule has 4 heteroatoms. The quantitative estimate of drug-likeness (QED) is 0.894. The van der Waals surface area contributed by atoms with Crippen molar-refractivity contribution >= 4 is 5.91 Å². The van der Waals surface area contributed by atoms with E-state index in [2.05, 4.69) is 5.32 Å². The maximum Gasteiger partial charge on any atom is 0.227 e. The predicted octanol–water partition coefficient (Wildman–Crippen LogP) is 2.17. The van der Waals surface area contributed by atoms with Gasteiger partial charge in [-0.25, -0.2) is 4.39 Å². The topological polar surface area (TPSA) is 32.3 Å². The van der Waals surface area contributed by atoms with Crippen LogP contribution in [0, 0.1) is 17.7 Å². The van der Waals surface area contributed by atoms with Crippen LogP contribution in [-0.4, -0.2) is 30.4 Å². The highest BCUT2D eigenvalue weighted by Gasteiger charge is 2.31. The van der Waals surface area contributed by atoms with Crippen LogP contribution in [0.2, 0.25) is 0 Å². The molecule has 1 atom stereocenters.